The van der Waals surface area contributed by atoms with Crippen LogP contribution < -0.4 is 0 Å². The average molecular weight is 321 g/mol. The van der Waals surface area contributed by atoms with Gasteiger partial charge in [-0.15, -0.1) is 0 Å². The fourth-order valence-electron chi connectivity index (χ4n) is 2.15. The Bertz CT molecular complexity index is 164. The normalized spacial score (nSPS) is 29.6. The van der Waals surface area contributed by atoms with E-state index >= 15 is 0 Å². The topological polar surface area (TPSA) is 18.5 Å². The zero-order chi connectivity index (χ0) is 11.3. The minimum atomic E-state index is -2.59. The molecule has 0 amide bonds. The monoisotopic (exact) mass is 322 g/mol. The van der Waals surface area contributed by atoms with Crippen LogP contribution in [0.15, 0.2) is 0 Å². The second-order valence-corrected chi connectivity index (χ2v) is 14.2. The molecule has 0 aromatic heterocycles. The van der Waals surface area contributed by atoms with Crippen LogP contribution in [0.3, 0.4) is 0 Å². The van der Waals surface area contributed by atoms with Gasteiger partial charge in [-0.2, -0.15) is 0 Å². The molecule has 15 heavy (non-hydrogen) atoms. The van der Waals surface area contributed by atoms with Gasteiger partial charge in [-0.1, -0.05) is 0 Å². The molecular formula is C12H26O2Sn. The molecule has 2 atom stereocenters. The summed E-state index contributed by atoms with van der Waals surface area (Å²) in [7, 11) is 0. The Morgan fingerprint density at radius 3 is 1.60 bits per heavy atom. The Morgan fingerprint density at radius 2 is 1.27 bits per heavy atom. The van der Waals surface area contributed by atoms with Crippen LogP contribution in [-0.2, 0) is 6.15 Å². The average Bonchev–Trinajstić information content (AvgIpc) is 2.50. The molecule has 1 heterocycles. The van der Waals surface area contributed by atoms with E-state index in [-0.39, 0.29) is 0 Å². The van der Waals surface area contributed by atoms with Crippen molar-refractivity contribution in [1.82, 2.24) is 0 Å². The first-order chi connectivity index (χ1) is 7.13. The second kappa shape index (κ2) is 6.45. The van der Waals surface area contributed by atoms with Crippen LogP contribution >= 0.6 is 0 Å². The third-order valence-electron chi connectivity index (χ3n) is 3.28. The van der Waals surface area contributed by atoms with Crippen molar-refractivity contribution in [2.45, 2.75) is 74.5 Å². The number of unbranched alkanes of at least 4 members (excludes halogenated alkanes) is 2. The molecule has 1 aliphatic heterocycles. The SMILES string of the molecule is CCC[CH2][Sn]1([CH2]CCC)[O]C(C)C(C)[O]1. The van der Waals surface area contributed by atoms with Crippen molar-refractivity contribution in [1.29, 1.82) is 0 Å². The standard InChI is InChI=1S/C4H8O2.2C4H9.Sn/c1-3(5)4(2)6;2*1-3-4-2;/h3-4H,1-2H3;2*1,3-4H2,2H3;/q-2;;;+2. The van der Waals surface area contributed by atoms with Crippen LogP contribution in [0.5, 0.6) is 0 Å². The summed E-state index contributed by atoms with van der Waals surface area (Å²) in [6, 6.07) is 0. The molecule has 0 aromatic rings. The summed E-state index contributed by atoms with van der Waals surface area (Å²) in [4.78, 5) is 0. The van der Waals surface area contributed by atoms with Gasteiger partial charge >= 0.3 is 99.8 Å². The summed E-state index contributed by atoms with van der Waals surface area (Å²) in [6.45, 7) is 8.84. The second-order valence-electron chi connectivity index (χ2n) is 4.76. The van der Waals surface area contributed by atoms with Crippen LogP contribution in [0.25, 0.3) is 0 Å². The molecule has 1 saturated heterocycles. The van der Waals surface area contributed by atoms with Gasteiger partial charge in [0, 0.05) is 0 Å². The van der Waals surface area contributed by atoms with E-state index in [9.17, 15) is 0 Å². The fourth-order valence-corrected chi connectivity index (χ4v) is 14.4. The zero-order valence-corrected chi connectivity index (χ0v) is 13.6. The molecule has 0 N–H and O–H groups in total. The zero-order valence-electron chi connectivity index (χ0n) is 10.7. The molecule has 0 radical (unpaired) electrons. The molecule has 2 unspecified atom stereocenters. The maximum absolute atomic E-state index is 6.25. The molecule has 0 spiro atoms. The molecular weight excluding hydrogens is 295 g/mol. The Morgan fingerprint density at radius 1 is 0.867 bits per heavy atom. The summed E-state index contributed by atoms with van der Waals surface area (Å²) in [5.74, 6) is 0. The fraction of sp³-hybridized carbons (Fsp3) is 1.00. The summed E-state index contributed by atoms with van der Waals surface area (Å²) in [5, 5.41) is 0. The Labute approximate surface area is 99.7 Å². The number of hydrogen-bond acceptors (Lipinski definition) is 2. The van der Waals surface area contributed by atoms with E-state index in [1.54, 1.807) is 0 Å². The predicted octanol–water partition coefficient (Wildman–Crippen LogP) is 3.85. The van der Waals surface area contributed by atoms with Gasteiger partial charge in [-0.25, -0.2) is 0 Å². The Kier molecular flexibility index (Phi) is 5.93. The van der Waals surface area contributed by atoms with Crippen molar-refractivity contribution in [3.05, 3.63) is 0 Å². The third kappa shape index (κ3) is 3.90. The van der Waals surface area contributed by atoms with Gasteiger partial charge in [0.15, 0.2) is 0 Å². The van der Waals surface area contributed by atoms with Gasteiger partial charge in [0.1, 0.15) is 0 Å². The Hall–Kier alpha value is 0.719. The van der Waals surface area contributed by atoms with Crippen molar-refractivity contribution in [2.24, 2.45) is 0 Å². The van der Waals surface area contributed by atoms with Crippen LogP contribution in [0, 0.1) is 0 Å². The maximum atomic E-state index is 6.25. The number of hydrogen-bond donors (Lipinski definition) is 0. The van der Waals surface area contributed by atoms with E-state index in [4.69, 9.17) is 6.15 Å². The quantitative estimate of drug-likeness (QED) is 0.692. The van der Waals surface area contributed by atoms with E-state index in [1.165, 1.54) is 34.6 Å². The van der Waals surface area contributed by atoms with Gasteiger partial charge < -0.3 is 0 Å². The first kappa shape index (κ1) is 13.8. The molecule has 0 aromatic carbocycles. The minimum absolute atomic E-state index is 0.342. The molecule has 90 valence electrons. The van der Waals surface area contributed by atoms with Crippen molar-refractivity contribution >= 4 is 19.2 Å². The third-order valence-corrected chi connectivity index (χ3v) is 14.2. The van der Waals surface area contributed by atoms with E-state index in [2.05, 4.69) is 27.7 Å². The van der Waals surface area contributed by atoms with Crippen molar-refractivity contribution in [2.75, 3.05) is 0 Å². The van der Waals surface area contributed by atoms with Gasteiger partial charge in [-0.05, 0) is 0 Å². The van der Waals surface area contributed by atoms with Gasteiger partial charge in [0.05, 0.1) is 0 Å². The van der Waals surface area contributed by atoms with Crippen LogP contribution in [-0.4, -0.2) is 31.4 Å². The summed E-state index contributed by atoms with van der Waals surface area (Å²) < 4.78 is 15.0. The van der Waals surface area contributed by atoms with Crippen LogP contribution in [0.4, 0.5) is 0 Å². The summed E-state index contributed by atoms with van der Waals surface area (Å²) in [5.41, 5.74) is 0. The van der Waals surface area contributed by atoms with E-state index in [0.717, 1.165) is 0 Å². The van der Waals surface area contributed by atoms with Gasteiger partial charge in [0.25, 0.3) is 0 Å². The summed E-state index contributed by atoms with van der Waals surface area (Å²) in [6.07, 6.45) is 5.79. The van der Waals surface area contributed by atoms with E-state index in [1.807, 2.05) is 0 Å². The molecule has 1 rings (SSSR count). The molecule has 2 nitrogen and oxygen atoms in total. The molecule has 3 heteroatoms. The van der Waals surface area contributed by atoms with Crippen LogP contribution in [0.2, 0.25) is 8.87 Å². The molecule has 0 saturated carbocycles. The molecule has 0 bridgehead atoms. The van der Waals surface area contributed by atoms with E-state index < -0.39 is 19.2 Å². The van der Waals surface area contributed by atoms with Crippen LogP contribution in [0.1, 0.15) is 53.4 Å². The molecule has 0 aliphatic carbocycles. The van der Waals surface area contributed by atoms with Crippen molar-refractivity contribution < 1.29 is 6.15 Å². The van der Waals surface area contributed by atoms with Gasteiger partial charge in [-0.3, -0.25) is 0 Å². The predicted molar refractivity (Wildman–Crippen MR) is 66.3 cm³/mol. The van der Waals surface area contributed by atoms with Crippen molar-refractivity contribution in [3.63, 3.8) is 0 Å². The van der Waals surface area contributed by atoms with E-state index in [0.29, 0.717) is 12.2 Å². The van der Waals surface area contributed by atoms with Crippen molar-refractivity contribution in [3.8, 4) is 0 Å². The number of rotatable bonds is 6. The molecule has 1 aliphatic rings. The van der Waals surface area contributed by atoms with Gasteiger partial charge in [0.2, 0.25) is 0 Å². The Balaban J connectivity index is 2.53. The first-order valence-corrected chi connectivity index (χ1v) is 12.9. The first-order valence-electron chi connectivity index (χ1n) is 6.49. The summed E-state index contributed by atoms with van der Waals surface area (Å²) >= 11 is -2.59. The molecule has 1 fully saturated rings.